The second-order valence-corrected chi connectivity index (χ2v) is 9.47. The molecular weight excluding hydrogens is 471 g/mol. The van der Waals surface area contributed by atoms with E-state index < -0.39 is 0 Å². The Bertz CT molecular complexity index is 1320. The summed E-state index contributed by atoms with van der Waals surface area (Å²) in [5.41, 5.74) is 6.24. The predicted octanol–water partition coefficient (Wildman–Crippen LogP) is 6.97. The fourth-order valence-electron chi connectivity index (χ4n) is 4.55. The van der Waals surface area contributed by atoms with Crippen molar-refractivity contribution in [2.75, 3.05) is 4.90 Å². The van der Waals surface area contributed by atoms with Gasteiger partial charge in [0.25, 0.3) is 0 Å². The van der Waals surface area contributed by atoms with Crippen molar-refractivity contribution < 1.29 is 0 Å². The van der Waals surface area contributed by atoms with Crippen LogP contribution in [0.5, 0.6) is 0 Å². The van der Waals surface area contributed by atoms with Gasteiger partial charge < -0.3 is 14.8 Å². The standard InChI is InChI=1S/C26H22Cl2N4S/c1-16-12-17(2)14-19(13-16)32-25(24(30-26(32)33)21-6-3-4-10-29-21)23-7-5-11-31(23)22-9-8-18(27)15-20(22)28/h3-15,24-25H,1-2H3,(H,30,33)/t24-,25-/m1/s1. The number of rotatable bonds is 4. The SMILES string of the molecule is Cc1cc(C)cc(N2C(=S)N[C@H](c3ccccn3)[C@H]2c2cccn2-c2ccc(Cl)cc2Cl)c1. The molecule has 1 aliphatic rings. The normalized spacial score (nSPS) is 17.9. The summed E-state index contributed by atoms with van der Waals surface area (Å²) in [6.45, 7) is 4.20. The van der Waals surface area contributed by atoms with Crippen LogP contribution in [0.25, 0.3) is 5.69 Å². The van der Waals surface area contributed by atoms with Crippen LogP contribution in [0.3, 0.4) is 0 Å². The molecule has 2 aromatic carbocycles. The number of aryl methyl sites for hydroxylation is 2. The lowest BCUT2D eigenvalue weighted by Crippen LogP contribution is -2.30. The van der Waals surface area contributed by atoms with E-state index in [1.165, 1.54) is 11.1 Å². The van der Waals surface area contributed by atoms with Crippen LogP contribution >= 0.6 is 35.4 Å². The number of nitrogens with one attached hydrogen (secondary N) is 1. The molecule has 0 unspecified atom stereocenters. The minimum absolute atomic E-state index is 0.140. The molecule has 0 amide bonds. The van der Waals surface area contributed by atoms with Crippen LogP contribution in [0.1, 0.15) is 34.6 Å². The van der Waals surface area contributed by atoms with Crippen molar-refractivity contribution in [3.8, 4) is 5.69 Å². The third kappa shape index (κ3) is 4.12. The minimum Gasteiger partial charge on any atom is -0.351 e. The Kier molecular flexibility index (Phi) is 5.87. The van der Waals surface area contributed by atoms with E-state index in [-0.39, 0.29) is 12.1 Å². The van der Waals surface area contributed by atoms with E-state index in [9.17, 15) is 0 Å². The average Bonchev–Trinajstić information content (AvgIpc) is 3.37. The first-order chi connectivity index (χ1) is 15.9. The number of aromatic nitrogens is 2. The van der Waals surface area contributed by atoms with Gasteiger partial charge in [-0.15, -0.1) is 0 Å². The van der Waals surface area contributed by atoms with Crippen LogP contribution in [0.2, 0.25) is 10.0 Å². The van der Waals surface area contributed by atoms with Crippen molar-refractivity contribution >= 4 is 46.2 Å². The largest absolute Gasteiger partial charge is 0.351 e. The average molecular weight is 493 g/mol. The zero-order valence-electron chi connectivity index (χ0n) is 18.2. The summed E-state index contributed by atoms with van der Waals surface area (Å²) in [6.07, 6.45) is 3.83. The second-order valence-electron chi connectivity index (χ2n) is 8.24. The molecule has 0 aliphatic carbocycles. The van der Waals surface area contributed by atoms with Crippen molar-refractivity contribution in [1.82, 2.24) is 14.9 Å². The van der Waals surface area contributed by atoms with Crippen molar-refractivity contribution in [2.24, 2.45) is 0 Å². The van der Waals surface area contributed by atoms with Gasteiger partial charge in [-0.3, -0.25) is 4.98 Å². The monoisotopic (exact) mass is 492 g/mol. The fourth-order valence-corrected chi connectivity index (χ4v) is 5.40. The topological polar surface area (TPSA) is 33.1 Å². The number of nitrogens with zero attached hydrogens (tertiary/aromatic N) is 3. The predicted molar refractivity (Wildman–Crippen MR) is 140 cm³/mol. The van der Waals surface area contributed by atoms with Crippen molar-refractivity contribution in [2.45, 2.75) is 25.9 Å². The summed E-state index contributed by atoms with van der Waals surface area (Å²) in [5.74, 6) is 0. The molecule has 2 atom stereocenters. The van der Waals surface area contributed by atoms with E-state index in [0.717, 1.165) is 22.8 Å². The summed E-state index contributed by atoms with van der Waals surface area (Å²) in [5, 5.41) is 5.37. The Hall–Kier alpha value is -2.86. The molecule has 1 aliphatic heterocycles. The molecule has 33 heavy (non-hydrogen) atoms. The molecule has 1 saturated heterocycles. The molecule has 0 radical (unpaired) electrons. The number of halogens is 2. The first kappa shape index (κ1) is 22.0. The molecule has 2 aromatic heterocycles. The first-order valence-electron chi connectivity index (χ1n) is 10.6. The summed E-state index contributed by atoms with van der Waals surface area (Å²) in [4.78, 5) is 6.83. The quantitative estimate of drug-likeness (QED) is 0.311. The third-order valence-electron chi connectivity index (χ3n) is 5.84. The number of benzene rings is 2. The first-order valence-corrected chi connectivity index (χ1v) is 11.8. The van der Waals surface area contributed by atoms with Crippen LogP contribution in [-0.4, -0.2) is 14.7 Å². The number of thiocarbonyl (C=S) groups is 1. The molecule has 1 N–H and O–H groups in total. The van der Waals surface area contributed by atoms with E-state index in [0.29, 0.717) is 15.2 Å². The zero-order valence-corrected chi connectivity index (χ0v) is 20.5. The fraction of sp³-hybridized carbons (Fsp3) is 0.154. The van der Waals surface area contributed by atoms with Crippen LogP contribution in [0, 0.1) is 13.8 Å². The van der Waals surface area contributed by atoms with Gasteiger partial charge in [0.05, 0.1) is 22.4 Å². The van der Waals surface area contributed by atoms with E-state index in [2.05, 4.69) is 57.9 Å². The molecule has 5 rings (SSSR count). The number of hydrogen-bond acceptors (Lipinski definition) is 2. The van der Waals surface area contributed by atoms with Crippen LogP contribution in [0.4, 0.5) is 5.69 Å². The van der Waals surface area contributed by atoms with Gasteiger partial charge in [-0.2, -0.15) is 0 Å². The minimum atomic E-state index is -0.143. The molecule has 3 heterocycles. The van der Waals surface area contributed by atoms with Crippen molar-refractivity contribution in [3.05, 3.63) is 112 Å². The highest BCUT2D eigenvalue weighted by atomic mass is 35.5. The molecule has 4 aromatic rings. The molecule has 4 nitrogen and oxygen atoms in total. The van der Waals surface area contributed by atoms with Gasteiger partial charge in [-0.1, -0.05) is 35.3 Å². The Balaban J connectivity index is 1.70. The highest BCUT2D eigenvalue weighted by Crippen LogP contribution is 2.43. The molecular formula is C26H22Cl2N4S. The Labute approximate surface area is 208 Å². The van der Waals surface area contributed by atoms with Crippen LogP contribution in [0.15, 0.2) is 79.1 Å². The van der Waals surface area contributed by atoms with Crippen LogP contribution < -0.4 is 10.2 Å². The summed E-state index contributed by atoms with van der Waals surface area (Å²) in [6, 6.07) is 21.8. The molecule has 1 fully saturated rings. The summed E-state index contributed by atoms with van der Waals surface area (Å²) < 4.78 is 2.10. The van der Waals surface area contributed by atoms with E-state index in [4.69, 9.17) is 35.4 Å². The van der Waals surface area contributed by atoms with E-state index in [1.54, 1.807) is 6.07 Å². The highest BCUT2D eigenvalue weighted by molar-refractivity contribution is 7.80. The summed E-state index contributed by atoms with van der Waals surface area (Å²) >= 11 is 18.6. The van der Waals surface area contributed by atoms with Gasteiger partial charge in [0.1, 0.15) is 6.04 Å². The Morgan fingerprint density at radius 2 is 1.73 bits per heavy atom. The molecule has 7 heteroatoms. The van der Waals surface area contributed by atoms with Crippen molar-refractivity contribution in [3.63, 3.8) is 0 Å². The van der Waals surface area contributed by atoms with E-state index in [1.807, 2.05) is 48.8 Å². The molecule has 166 valence electrons. The van der Waals surface area contributed by atoms with Gasteiger partial charge >= 0.3 is 0 Å². The maximum atomic E-state index is 6.60. The van der Waals surface area contributed by atoms with Crippen molar-refractivity contribution in [1.29, 1.82) is 0 Å². The number of hydrogen-bond donors (Lipinski definition) is 1. The lowest BCUT2D eigenvalue weighted by molar-refractivity contribution is 0.549. The molecule has 0 spiro atoms. The summed E-state index contributed by atoms with van der Waals surface area (Å²) in [7, 11) is 0. The van der Waals surface area contributed by atoms with Gasteiger partial charge in [0.2, 0.25) is 0 Å². The van der Waals surface area contributed by atoms with Gasteiger partial charge in [0, 0.05) is 28.8 Å². The third-order valence-corrected chi connectivity index (χ3v) is 6.69. The number of pyridine rings is 1. The lowest BCUT2D eigenvalue weighted by atomic mass is 10.00. The maximum absolute atomic E-state index is 6.60. The van der Waals surface area contributed by atoms with Gasteiger partial charge in [-0.25, -0.2) is 0 Å². The maximum Gasteiger partial charge on any atom is 0.174 e. The van der Waals surface area contributed by atoms with E-state index >= 15 is 0 Å². The smallest absolute Gasteiger partial charge is 0.174 e. The molecule has 0 bridgehead atoms. The lowest BCUT2D eigenvalue weighted by Gasteiger charge is -2.29. The zero-order chi connectivity index (χ0) is 23.1. The van der Waals surface area contributed by atoms with Gasteiger partial charge in [0.15, 0.2) is 5.11 Å². The van der Waals surface area contributed by atoms with Crippen LogP contribution in [-0.2, 0) is 0 Å². The Morgan fingerprint density at radius 1 is 0.939 bits per heavy atom. The Morgan fingerprint density at radius 3 is 2.42 bits per heavy atom. The second kappa shape index (κ2) is 8.82. The highest BCUT2D eigenvalue weighted by Gasteiger charge is 2.42. The number of anilines is 1. The van der Waals surface area contributed by atoms with Gasteiger partial charge in [-0.05, 0) is 91.8 Å². The molecule has 0 saturated carbocycles.